The molecular formula is C27H25N5O2. The Balaban J connectivity index is 1.05. The summed E-state index contributed by atoms with van der Waals surface area (Å²) in [7, 11) is 0. The first-order valence-electron chi connectivity index (χ1n) is 11.9. The number of rotatable bonds is 2. The maximum Gasteiger partial charge on any atom is 0.253 e. The number of amides is 2. The predicted octanol–water partition coefficient (Wildman–Crippen LogP) is 3.51. The Morgan fingerprint density at radius 2 is 1.26 bits per heavy atom. The highest BCUT2D eigenvalue weighted by atomic mass is 16.2. The Kier molecular flexibility index (Phi) is 4.13. The Hall–Kier alpha value is -3.74. The monoisotopic (exact) mass is 451 g/mol. The number of hydrogen-bond acceptors (Lipinski definition) is 4. The van der Waals surface area contributed by atoms with Gasteiger partial charge in [0, 0.05) is 37.3 Å². The number of benzene rings is 3. The Bertz CT molecular complexity index is 1460. The van der Waals surface area contributed by atoms with Crippen LogP contribution in [0.3, 0.4) is 0 Å². The van der Waals surface area contributed by atoms with Gasteiger partial charge in [-0.2, -0.15) is 15.4 Å². The van der Waals surface area contributed by atoms with Crippen molar-refractivity contribution in [3.8, 4) is 0 Å². The summed E-state index contributed by atoms with van der Waals surface area (Å²) in [5, 5.41) is 13.0. The molecule has 0 bridgehead atoms. The minimum Gasteiger partial charge on any atom is -0.338 e. The van der Waals surface area contributed by atoms with Crippen molar-refractivity contribution in [1.82, 2.24) is 25.2 Å². The summed E-state index contributed by atoms with van der Waals surface area (Å²) in [6.07, 6.45) is 0. The molecule has 1 aliphatic carbocycles. The van der Waals surface area contributed by atoms with Crippen molar-refractivity contribution in [1.29, 1.82) is 0 Å². The molecule has 7 rings (SSSR count). The van der Waals surface area contributed by atoms with Gasteiger partial charge in [-0.25, -0.2) is 0 Å². The summed E-state index contributed by atoms with van der Waals surface area (Å²) >= 11 is 0. The van der Waals surface area contributed by atoms with Gasteiger partial charge in [-0.15, -0.1) is 0 Å². The van der Waals surface area contributed by atoms with Gasteiger partial charge in [0.1, 0.15) is 11.0 Å². The number of carbonyl (C=O) groups excluding carboxylic acids is 2. The van der Waals surface area contributed by atoms with E-state index in [4.69, 9.17) is 0 Å². The second-order valence-electron chi connectivity index (χ2n) is 10.2. The first-order valence-corrected chi connectivity index (χ1v) is 11.9. The quantitative estimate of drug-likeness (QED) is 0.506. The average Bonchev–Trinajstić information content (AvgIpc) is 3.56. The first kappa shape index (κ1) is 19.7. The molecule has 1 aromatic heterocycles. The van der Waals surface area contributed by atoms with Gasteiger partial charge in [0.2, 0.25) is 0 Å². The Morgan fingerprint density at radius 3 is 1.94 bits per heavy atom. The fourth-order valence-corrected chi connectivity index (χ4v) is 6.54. The summed E-state index contributed by atoms with van der Waals surface area (Å²) in [6.45, 7) is 5.22. The number of likely N-dealkylation sites (tertiary alicyclic amines) is 2. The maximum absolute atomic E-state index is 13.3. The molecule has 0 unspecified atom stereocenters. The number of aryl methyl sites for hydroxylation is 1. The molecule has 2 amide bonds. The van der Waals surface area contributed by atoms with Gasteiger partial charge in [0.05, 0.1) is 0 Å². The van der Waals surface area contributed by atoms with E-state index in [1.54, 1.807) is 0 Å². The standard InChI is InChI=1S/C27H25N5O2/c1-15-2-3-16-4-5-17(9-19(16)8-15)26(33)31-11-20-21(12-31)23-14-32(13-22(20)23)27(34)18-6-7-24-25(10-18)29-30-28-24/h2-10,20-23H,11-14H2,1H3,(H,28,29,30)/t20-,21+,22+,23-. The molecule has 3 heterocycles. The summed E-state index contributed by atoms with van der Waals surface area (Å²) in [6, 6.07) is 17.8. The van der Waals surface area contributed by atoms with E-state index in [-0.39, 0.29) is 11.8 Å². The van der Waals surface area contributed by atoms with Gasteiger partial charge >= 0.3 is 0 Å². The van der Waals surface area contributed by atoms with Crippen LogP contribution in [0, 0.1) is 30.6 Å². The molecule has 0 spiro atoms. The lowest BCUT2D eigenvalue weighted by atomic mass is 9.60. The Labute approximate surface area is 196 Å². The van der Waals surface area contributed by atoms with E-state index in [2.05, 4.69) is 40.5 Å². The van der Waals surface area contributed by atoms with Crippen molar-refractivity contribution in [3.05, 3.63) is 71.3 Å². The van der Waals surface area contributed by atoms with Crippen molar-refractivity contribution in [2.45, 2.75) is 6.92 Å². The molecule has 170 valence electrons. The molecule has 2 saturated heterocycles. The van der Waals surface area contributed by atoms with E-state index in [1.165, 1.54) is 5.56 Å². The number of hydrogen-bond donors (Lipinski definition) is 1. The van der Waals surface area contributed by atoms with Gasteiger partial charge in [-0.1, -0.05) is 29.8 Å². The van der Waals surface area contributed by atoms with E-state index in [0.29, 0.717) is 34.8 Å². The minimum absolute atomic E-state index is 0.0664. The van der Waals surface area contributed by atoms with E-state index in [0.717, 1.165) is 48.0 Å². The molecule has 1 saturated carbocycles. The zero-order valence-electron chi connectivity index (χ0n) is 18.9. The molecule has 7 heteroatoms. The van der Waals surface area contributed by atoms with Crippen molar-refractivity contribution < 1.29 is 9.59 Å². The SMILES string of the molecule is Cc1ccc2ccc(C(=O)N3C[C@@H]4[C@H](C3)[C@H]3CN(C(=O)c5ccc6n[nH]nc6c5)C[C@@H]43)cc2c1. The third-order valence-electron chi connectivity index (χ3n) is 8.30. The Morgan fingerprint density at radius 1 is 0.706 bits per heavy atom. The number of carbonyl (C=O) groups is 2. The van der Waals surface area contributed by atoms with E-state index in [1.807, 2.05) is 46.2 Å². The molecule has 2 aliphatic heterocycles. The topological polar surface area (TPSA) is 82.2 Å². The molecular weight excluding hydrogens is 426 g/mol. The molecule has 4 atom stereocenters. The van der Waals surface area contributed by atoms with Gasteiger partial charge in [-0.05, 0) is 71.7 Å². The van der Waals surface area contributed by atoms with E-state index >= 15 is 0 Å². The van der Waals surface area contributed by atoms with Crippen LogP contribution in [-0.4, -0.2) is 63.2 Å². The largest absolute Gasteiger partial charge is 0.338 e. The second kappa shape index (κ2) is 7.13. The van der Waals surface area contributed by atoms with Crippen LogP contribution in [-0.2, 0) is 0 Å². The zero-order valence-corrected chi connectivity index (χ0v) is 18.9. The molecule has 3 aliphatic rings. The summed E-state index contributed by atoms with van der Waals surface area (Å²) in [4.78, 5) is 30.5. The molecule has 4 aromatic rings. The van der Waals surface area contributed by atoms with Crippen LogP contribution in [0.4, 0.5) is 0 Å². The summed E-state index contributed by atoms with van der Waals surface area (Å²) < 4.78 is 0. The average molecular weight is 452 g/mol. The fourth-order valence-electron chi connectivity index (χ4n) is 6.54. The lowest BCUT2D eigenvalue weighted by Crippen LogP contribution is -2.44. The number of aromatic amines is 1. The minimum atomic E-state index is 0.0664. The number of fused-ring (bicyclic) bond motifs is 6. The molecule has 1 N–H and O–H groups in total. The highest BCUT2D eigenvalue weighted by Crippen LogP contribution is 2.54. The number of nitrogens with one attached hydrogen (secondary N) is 1. The smallest absolute Gasteiger partial charge is 0.253 e. The number of H-pyrrole nitrogens is 1. The van der Waals surface area contributed by atoms with Crippen LogP contribution in [0.1, 0.15) is 26.3 Å². The summed E-state index contributed by atoms with van der Waals surface area (Å²) in [5.41, 5.74) is 4.10. The van der Waals surface area contributed by atoms with Crippen molar-refractivity contribution >= 4 is 33.6 Å². The highest BCUT2D eigenvalue weighted by Gasteiger charge is 2.59. The van der Waals surface area contributed by atoms with Crippen molar-refractivity contribution in [3.63, 3.8) is 0 Å². The normalized spacial score (nSPS) is 25.4. The van der Waals surface area contributed by atoms with Crippen LogP contribution in [0.2, 0.25) is 0 Å². The lowest BCUT2D eigenvalue weighted by molar-refractivity contribution is 0.0629. The molecule has 0 radical (unpaired) electrons. The van der Waals surface area contributed by atoms with Crippen LogP contribution in [0.15, 0.2) is 54.6 Å². The third kappa shape index (κ3) is 2.89. The van der Waals surface area contributed by atoms with E-state index < -0.39 is 0 Å². The van der Waals surface area contributed by atoms with E-state index in [9.17, 15) is 9.59 Å². The maximum atomic E-state index is 13.3. The van der Waals surface area contributed by atoms with Crippen LogP contribution >= 0.6 is 0 Å². The molecule has 3 fully saturated rings. The van der Waals surface area contributed by atoms with Crippen molar-refractivity contribution in [2.24, 2.45) is 23.7 Å². The van der Waals surface area contributed by atoms with Gasteiger partial charge < -0.3 is 9.80 Å². The van der Waals surface area contributed by atoms with Crippen LogP contribution < -0.4 is 0 Å². The first-order chi connectivity index (χ1) is 16.5. The zero-order chi connectivity index (χ0) is 23.0. The van der Waals surface area contributed by atoms with Gasteiger partial charge in [0.25, 0.3) is 11.8 Å². The highest BCUT2D eigenvalue weighted by molar-refractivity contribution is 5.99. The van der Waals surface area contributed by atoms with Crippen LogP contribution in [0.25, 0.3) is 21.8 Å². The van der Waals surface area contributed by atoms with Gasteiger partial charge in [0.15, 0.2) is 0 Å². The third-order valence-corrected chi connectivity index (χ3v) is 8.30. The molecule has 34 heavy (non-hydrogen) atoms. The predicted molar refractivity (Wildman–Crippen MR) is 128 cm³/mol. The number of nitrogens with zero attached hydrogens (tertiary/aromatic N) is 4. The molecule has 7 nitrogen and oxygen atoms in total. The molecule has 3 aromatic carbocycles. The second-order valence-corrected chi connectivity index (χ2v) is 10.2. The van der Waals surface area contributed by atoms with Crippen molar-refractivity contribution in [2.75, 3.05) is 26.2 Å². The fraction of sp³-hybridized carbons (Fsp3) is 0.333. The number of aromatic nitrogens is 3. The van der Waals surface area contributed by atoms with Gasteiger partial charge in [-0.3, -0.25) is 9.59 Å². The summed E-state index contributed by atoms with van der Waals surface area (Å²) in [5.74, 6) is 2.16. The lowest BCUT2D eigenvalue weighted by Gasteiger charge is -2.42. The van der Waals surface area contributed by atoms with Crippen LogP contribution in [0.5, 0.6) is 0 Å².